The zero-order valence-electron chi connectivity index (χ0n) is 13.7. The van der Waals surface area contributed by atoms with Gasteiger partial charge in [0.1, 0.15) is 0 Å². The van der Waals surface area contributed by atoms with E-state index in [-0.39, 0.29) is 12.5 Å². The van der Waals surface area contributed by atoms with Gasteiger partial charge in [-0.15, -0.1) is 6.42 Å². The van der Waals surface area contributed by atoms with Crippen molar-refractivity contribution in [2.45, 2.75) is 6.54 Å². The fraction of sp³-hybridized carbons (Fsp3) is 0.105. The van der Waals surface area contributed by atoms with E-state index in [1.165, 1.54) is 18.4 Å². The number of carbonyl (C=O) groups excluding carboxylic acids is 2. The summed E-state index contributed by atoms with van der Waals surface area (Å²) in [6, 6.07) is 12.2. The molecule has 5 nitrogen and oxygen atoms in total. The van der Waals surface area contributed by atoms with E-state index >= 15 is 0 Å². The number of benzene rings is 2. The molecule has 1 amide bonds. The van der Waals surface area contributed by atoms with Gasteiger partial charge in [-0.3, -0.25) is 4.79 Å². The lowest BCUT2D eigenvalue weighted by Gasteiger charge is -2.02. The minimum atomic E-state index is -0.424. The molecule has 0 aliphatic carbocycles. The van der Waals surface area contributed by atoms with E-state index in [1.54, 1.807) is 41.0 Å². The average Bonchev–Trinajstić information content (AvgIpc) is 2.98. The molecule has 0 fully saturated rings. The number of nitrogens with zero attached hydrogens (tertiary/aromatic N) is 2. The van der Waals surface area contributed by atoms with E-state index in [2.05, 4.69) is 26.8 Å². The van der Waals surface area contributed by atoms with Gasteiger partial charge in [0.25, 0.3) is 5.91 Å². The molecule has 0 unspecified atom stereocenters. The lowest BCUT2D eigenvalue weighted by Crippen LogP contribution is -2.16. The number of thiazole rings is 1. The van der Waals surface area contributed by atoms with Crippen LogP contribution in [0.5, 0.6) is 0 Å². The van der Waals surface area contributed by atoms with Gasteiger partial charge in [-0.1, -0.05) is 29.4 Å². The van der Waals surface area contributed by atoms with Crippen molar-refractivity contribution in [3.63, 3.8) is 0 Å². The molecule has 7 heteroatoms. The van der Waals surface area contributed by atoms with E-state index in [9.17, 15) is 9.59 Å². The predicted octanol–water partition coefficient (Wildman–Crippen LogP) is 3.63. The second kappa shape index (κ2) is 7.68. The highest BCUT2D eigenvalue weighted by atomic mass is 79.9. The van der Waals surface area contributed by atoms with Crippen LogP contribution in [0.25, 0.3) is 10.2 Å². The SMILES string of the molecule is C#CCn1c(=NC(=O)c2ccccc2Br)sc2cc(C(=O)OC)ccc21. The number of ether oxygens (including phenoxy) is 1. The number of terminal acetylenes is 1. The van der Waals surface area contributed by atoms with E-state index in [0.717, 1.165) is 10.2 Å². The molecule has 1 aromatic heterocycles. The van der Waals surface area contributed by atoms with E-state index < -0.39 is 5.97 Å². The first-order chi connectivity index (χ1) is 12.5. The minimum absolute atomic E-state index is 0.264. The number of carbonyl (C=O) groups is 2. The zero-order chi connectivity index (χ0) is 18.7. The van der Waals surface area contributed by atoms with Gasteiger partial charge in [0.2, 0.25) is 0 Å². The molecule has 0 atom stereocenters. The van der Waals surface area contributed by atoms with Crippen LogP contribution in [-0.4, -0.2) is 23.6 Å². The molecular formula is C19H13BrN2O3S. The first-order valence-electron chi connectivity index (χ1n) is 7.54. The Bertz CT molecular complexity index is 1120. The van der Waals surface area contributed by atoms with E-state index in [4.69, 9.17) is 11.2 Å². The maximum absolute atomic E-state index is 12.6. The molecule has 0 N–H and O–H groups in total. The first kappa shape index (κ1) is 18.1. The Balaban J connectivity index is 2.17. The van der Waals surface area contributed by atoms with Gasteiger partial charge >= 0.3 is 5.97 Å². The van der Waals surface area contributed by atoms with Crippen LogP contribution in [0, 0.1) is 12.3 Å². The summed E-state index contributed by atoms with van der Waals surface area (Å²) in [5, 5.41) is 0. The quantitative estimate of drug-likeness (QED) is 0.472. The first-order valence-corrected chi connectivity index (χ1v) is 9.15. The van der Waals surface area contributed by atoms with Crippen molar-refractivity contribution in [3.05, 3.63) is 62.9 Å². The van der Waals surface area contributed by atoms with Crippen LogP contribution in [0.3, 0.4) is 0 Å². The number of amides is 1. The molecule has 0 aliphatic heterocycles. The Hall–Kier alpha value is -2.69. The van der Waals surface area contributed by atoms with E-state index in [1.807, 2.05) is 6.07 Å². The van der Waals surface area contributed by atoms with Gasteiger partial charge in [-0.2, -0.15) is 4.99 Å². The monoisotopic (exact) mass is 428 g/mol. The molecule has 0 aliphatic rings. The van der Waals surface area contributed by atoms with Crippen LogP contribution >= 0.6 is 27.3 Å². The van der Waals surface area contributed by atoms with Crippen molar-refractivity contribution < 1.29 is 14.3 Å². The van der Waals surface area contributed by atoms with Crippen LogP contribution < -0.4 is 4.80 Å². The Kier molecular flexibility index (Phi) is 5.35. The average molecular weight is 429 g/mol. The normalized spacial score (nSPS) is 11.3. The van der Waals surface area contributed by atoms with Gasteiger partial charge in [0, 0.05) is 4.47 Å². The summed E-state index contributed by atoms with van der Waals surface area (Å²) >= 11 is 4.65. The maximum atomic E-state index is 12.6. The van der Waals surface area contributed by atoms with Gasteiger partial charge < -0.3 is 9.30 Å². The number of esters is 1. The smallest absolute Gasteiger partial charge is 0.337 e. The third kappa shape index (κ3) is 3.47. The fourth-order valence-electron chi connectivity index (χ4n) is 2.43. The molecule has 1 heterocycles. The predicted molar refractivity (Wildman–Crippen MR) is 104 cm³/mol. The Morgan fingerprint density at radius 1 is 1.31 bits per heavy atom. The van der Waals surface area contributed by atoms with E-state index in [0.29, 0.717) is 20.4 Å². The van der Waals surface area contributed by atoms with Crippen LogP contribution in [0.15, 0.2) is 51.9 Å². The van der Waals surface area contributed by atoms with Crippen molar-refractivity contribution in [2.24, 2.45) is 4.99 Å². The summed E-state index contributed by atoms with van der Waals surface area (Å²) in [5.41, 5.74) is 1.70. The second-order valence-electron chi connectivity index (χ2n) is 5.25. The van der Waals surface area contributed by atoms with Crippen LogP contribution in [-0.2, 0) is 11.3 Å². The number of fused-ring (bicyclic) bond motifs is 1. The molecule has 0 saturated carbocycles. The Labute approximate surface area is 162 Å². The van der Waals surface area contributed by atoms with Crippen molar-refractivity contribution in [2.75, 3.05) is 7.11 Å². The number of rotatable bonds is 3. The zero-order valence-corrected chi connectivity index (χ0v) is 16.1. The molecule has 3 rings (SSSR count). The lowest BCUT2D eigenvalue weighted by molar-refractivity contribution is 0.0601. The molecule has 0 bridgehead atoms. The molecular weight excluding hydrogens is 416 g/mol. The summed E-state index contributed by atoms with van der Waals surface area (Å²) in [6.45, 7) is 0.264. The maximum Gasteiger partial charge on any atom is 0.337 e. The summed E-state index contributed by atoms with van der Waals surface area (Å²) in [7, 11) is 1.33. The highest BCUT2D eigenvalue weighted by molar-refractivity contribution is 9.10. The molecule has 26 heavy (non-hydrogen) atoms. The largest absolute Gasteiger partial charge is 0.465 e. The molecule has 3 aromatic rings. The number of methoxy groups -OCH3 is 1. The number of hydrogen-bond donors (Lipinski definition) is 0. The number of hydrogen-bond acceptors (Lipinski definition) is 4. The van der Waals surface area contributed by atoms with Crippen LogP contribution in [0.2, 0.25) is 0 Å². The van der Waals surface area contributed by atoms with Crippen molar-refractivity contribution in [3.8, 4) is 12.3 Å². The molecule has 2 aromatic carbocycles. The molecule has 0 radical (unpaired) electrons. The highest BCUT2D eigenvalue weighted by Gasteiger charge is 2.13. The standard InChI is InChI=1S/C19H13BrN2O3S/c1-3-10-22-15-9-8-12(18(24)25-2)11-16(15)26-19(22)21-17(23)13-6-4-5-7-14(13)20/h1,4-9,11H,10H2,2H3. The van der Waals surface area contributed by atoms with Gasteiger partial charge in [0.05, 0.1) is 35.0 Å². The summed E-state index contributed by atoms with van der Waals surface area (Å²) in [6.07, 6.45) is 5.47. The van der Waals surface area contributed by atoms with Crippen LogP contribution in [0.1, 0.15) is 20.7 Å². The second-order valence-corrected chi connectivity index (χ2v) is 7.11. The number of halogens is 1. The lowest BCUT2D eigenvalue weighted by atomic mass is 10.2. The Morgan fingerprint density at radius 3 is 2.77 bits per heavy atom. The van der Waals surface area contributed by atoms with Crippen molar-refractivity contribution in [1.29, 1.82) is 0 Å². The van der Waals surface area contributed by atoms with Gasteiger partial charge in [-0.25, -0.2) is 4.79 Å². The highest BCUT2D eigenvalue weighted by Crippen LogP contribution is 2.21. The summed E-state index contributed by atoms with van der Waals surface area (Å²) < 4.78 is 7.99. The fourth-order valence-corrected chi connectivity index (χ4v) is 3.95. The molecule has 130 valence electrons. The third-order valence-electron chi connectivity index (χ3n) is 3.65. The molecule has 0 saturated heterocycles. The topological polar surface area (TPSA) is 60.7 Å². The summed E-state index contributed by atoms with van der Waals surface area (Å²) in [5.74, 6) is 1.78. The van der Waals surface area contributed by atoms with Crippen molar-refractivity contribution >= 4 is 49.4 Å². The van der Waals surface area contributed by atoms with Gasteiger partial charge in [-0.05, 0) is 46.3 Å². The van der Waals surface area contributed by atoms with Crippen LogP contribution in [0.4, 0.5) is 0 Å². The van der Waals surface area contributed by atoms with Gasteiger partial charge in [0.15, 0.2) is 4.80 Å². The summed E-state index contributed by atoms with van der Waals surface area (Å²) in [4.78, 5) is 29.0. The molecule has 0 spiro atoms. The third-order valence-corrected chi connectivity index (χ3v) is 5.39. The Morgan fingerprint density at radius 2 is 2.08 bits per heavy atom. The van der Waals surface area contributed by atoms with Crippen molar-refractivity contribution in [1.82, 2.24) is 4.57 Å². The number of aromatic nitrogens is 1. The minimum Gasteiger partial charge on any atom is -0.465 e.